The lowest BCUT2D eigenvalue weighted by Gasteiger charge is -2.50. The molecule has 2 heteroatoms. The normalized spacial score (nSPS) is 47.8. The third-order valence-corrected chi connectivity index (χ3v) is 7.07. The summed E-state index contributed by atoms with van der Waals surface area (Å²) in [5.74, 6) is 1.68. The van der Waals surface area contributed by atoms with E-state index in [-0.39, 0.29) is 5.41 Å². The fourth-order valence-corrected chi connectivity index (χ4v) is 5.87. The van der Waals surface area contributed by atoms with Gasteiger partial charge in [0.1, 0.15) is 5.78 Å². The molecule has 3 saturated carbocycles. The molecule has 20 heavy (non-hydrogen) atoms. The zero-order valence-corrected chi connectivity index (χ0v) is 12.6. The Bertz CT molecular complexity index is 492. The molecule has 0 aromatic carbocycles. The van der Waals surface area contributed by atoms with E-state index >= 15 is 0 Å². The van der Waals surface area contributed by atoms with Gasteiger partial charge in [-0.05, 0) is 75.2 Å². The van der Waals surface area contributed by atoms with Crippen molar-refractivity contribution in [1.29, 1.82) is 0 Å². The van der Waals surface area contributed by atoms with E-state index in [0.29, 0.717) is 17.6 Å². The van der Waals surface area contributed by atoms with Crippen molar-refractivity contribution in [2.75, 3.05) is 0 Å². The van der Waals surface area contributed by atoms with Crippen LogP contribution in [0, 0.1) is 17.3 Å². The maximum Gasteiger partial charge on any atom is 0.139 e. The lowest BCUT2D eigenvalue weighted by molar-refractivity contribution is -0.128. The molecule has 4 rings (SSSR count). The van der Waals surface area contributed by atoms with Crippen LogP contribution < -0.4 is 0 Å². The van der Waals surface area contributed by atoms with Crippen LogP contribution in [0.25, 0.3) is 0 Å². The van der Waals surface area contributed by atoms with E-state index in [4.69, 9.17) is 0 Å². The Hall–Kier alpha value is -0.630. The highest BCUT2D eigenvalue weighted by Crippen LogP contribution is 2.59. The van der Waals surface area contributed by atoms with Crippen LogP contribution in [0.2, 0.25) is 0 Å². The van der Waals surface area contributed by atoms with Crippen LogP contribution in [0.15, 0.2) is 11.1 Å². The smallest absolute Gasteiger partial charge is 0.139 e. The number of hydrogen-bond acceptors (Lipinski definition) is 2. The lowest BCUT2D eigenvalue weighted by Crippen LogP contribution is -2.46. The van der Waals surface area contributed by atoms with Crippen molar-refractivity contribution in [2.24, 2.45) is 17.3 Å². The third-order valence-electron chi connectivity index (χ3n) is 7.07. The van der Waals surface area contributed by atoms with Gasteiger partial charge >= 0.3 is 0 Å². The van der Waals surface area contributed by atoms with E-state index in [2.05, 4.69) is 6.92 Å². The van der Waals surface area contributed by atoms with Crippen molar-refractivity contribution < 1.29 is 9.90 Å². The van der Waals surface area contributed by atoms with Gasteiger partial charge < -0.3 is 5.11 Å². The van der Waals surface area contributed by atoms with Crippen molar-refractivity contribution in [3.63, 3.8) is 0 Å². The van der Waals surface area contributed by atoms with Crippen molar-refractivity contribution >= 4 is 5.78 Å². The Labute approximate surface area is 121 Å². The Morgan fingerprint density at radius 1 is 1.05 bits per heavy atom. The fraction of sp³-hybridized carbons (Fsp3) is 0.833. The van der Waals surface area contributed by atoms with Gasteiger partial charge in [0.25, 0.3) is 0 Å². The number of carbonyl (C=O) groups excluding carboxylic acids is 1. The first-order valence-electron chi connectivity index (χ1n) is 8.53. The Balaban J connectivity index is 1.75. The Morgan fingerprint density at radius 3 is 2.75 bits per heavy atom. The fourth-order valence-electron chi connectivity index (χ4n) is 5.87. The number of ketones is 1. The van der Waals surface area contributed by atoms with E-state index < -0.39 is 5.60 Å². The van der Waals surface area contributed by atoms with Crippen LogP contribution in [-0.2, 0) is 4.79 Å². The second-order valence-electron chi connectivity index (χ2n) is 7.87. The van der Waals surface area contributed by atoms with E-state index in [1.54, 1.807) is 5.57 Å². The molecule has 0 bridgehead atoms. The summed E-state index contributed by atoms with van der Waals surface area (Å²) in [6.07, 6.45) is 10.5. The molecule has 0 aromatic rings. The highest BCUT2D eigenvalue weighted by Gasteiger charge is 2.55. The van der Waals surface area contributed by atoms with Crippen LogP contribution in [-0.4, -0.2) is 16.5 Å². The largest absolute Gasteiger partial charge is 0.386 e. The molecule has 1 N–H and O–H groups in total. The van der Waals surface area contributed by atoms with E-state index in [9.17, 15) is 9.90 Å². The number of aliphatic hydroxyl groups is 1. The summed E-state index contributed by atoms with van der Waals surface area (Å²) in [7, 11) is 0. The summed E-state index contributed by atoms with van der Waals surface area (Å²) >= 11 is 0. The lowest BCUT2D eigenvalue weighted by atomic mass is 9.55. The van der Waals surface area contributed by atoms with Crippen molar-refractivity contribution in [3.8, 4) is 0 Å². The average Bonchev–Trinajstić information content (AvgIpc) is 2.74. The van der Waals surface area contributed by atoms with Crippen molar-refractivity contribution in [1.82, 2.24) is 0 Å². The minimum atomic E-state index is -0.472. The molecular weight excluding hydrogens is 248 g/mol. The van der Waals surface area contributed by atoms with Gasteiger partial charge in [0, 0.05) is 11.8 Å². The predicted molar refractivity (Wildman–Crippen MR) is 78.2 cm³/mol. The highest BCUT2D eigenvalue weighted by atomic mass is 16.3. The maximum atomic E-state index is 12.3. The molecule has 3 fully saturated rings. The van der Waals surface area contributed by atoms with Crippen LogP contribution in [0.3, 0.4) is 0 Å². The summed E-state index contributed by atoms with van der Waals surface area (Å²) in [6.45, 7) is 2.22. The minimum Gasteiger partial charge on any atom is -0.386 e. The molecule has 0 saturated heterocycles. The standard InChI is InChI=1S/C18H26O2/c1-17-10-7-13-12(14(17)5-6-16(17)19)8-11-18(20)9-3-2-4-15(13)18/h12,14,20H,2-11H2,1H3/t12-,14+,17+,18+/m1/s1. The third kappa shape index (κ3) is 1.57. The molecule has 110 valence electrons. The SMILES string of the molecule is C[C@]12CCC3=C4CCCC[C@]4(O)CC[C@H]3[C@@H]1CCC2=O. The van der Waals surface area contributed by atoms with E-state index in [0.717, 1.165) is 51.4 Å². The molecule has 0 radical (unpaired) electrons. The average molecular weight is 274 g/mol. The summed E-state index contributed by atoms with van der Waals surface area (Å²) in [5, 5.41) is 11.0. The van der Waals surface area contributed by atoms with Gasteiger partial charge in [-0.25, -0.2) is 0 Å². The first-order chi connectivity index (χ1) is 9.55. The van der Waals surface area contributed by atoms with Gasteiger partial charge in [-0.15, -0.1) is 0 Å². The molecule has 0 heterocycles. The van der Waals surface area contributed by atoms with Crippen LogP contribution >= 0.6 is 0 Å². The monoisotopic (exact) mass is 274 g/mol. The minimum absolute atomic E-state index is 0.0428. The number of rotatable bonds is 0. The second kappa shape index (κ2) is 4.19. The molecule has 4 aliphatic rings. The Morgan fingerprint density at radius 2 is 1.90 bits per heavy atom. The first-order valence-corrected chi connectivity index (χ1v) is 8.53. The first kappa shape index (κ1) is 13.1. The Kier molecular flexibility index (Phi) is 2.74. The second-order valence-corrected chi connectivity index (χ2v) is 7.87. The zero-order chi connectivity index (χ0) is 14.0. The number of carbonyl (C=O) groups is 1. The molecule has 2 nitrogen and oxygen atoms in total. The van der Waals surface area contributed by atoms with Crippen LogP contribution in [0.5, 0.6) is 0 Å². The summed E-state index contributed by atoms with van der Waals surface area (Å²) in [6, 6.07) is 0. The summed E-state index contributed by atoms with van der Waals surface area (Å²) < 4.78 is 0. The molecule has 0 aromatic heterocycles. The molecule has 0 unspecified atom stereocenters. The quantitative estimate of drug-likeness (QED) is 0.683. The maximum absolute atomic E-state index is 12.3. The van der Waals surface area contributed by atoms with Gasteiger partial charge in [0.2, 0.25) is 0 Å². The zero-order valence-electron chi connectivity index (χ0n) is 12.6. The van der Waals surface area contributed by atoms with Gasteiger partial charge in [0.05, 0.1) is 5.60 Å². The highest BCUT2D eigenvalue weighted by molar-refractivity contribution is 5.87. The van der Waals surface area contributed by atoms with E-state index in [1.807, 2.05) is 0 Å². The number of allylic oxidation sites excluding steroid dienone is 1. The van der Waals surface area contributed by atoms with E-state index in [1.165, 1.54) is 18.4 Å². The van der Waals surface area contributed by atoms with Gasteiger partial charge in [-0.3, -0.25) is 4.79 Å². The molecule has 0 amide bonds. The van der Waals surface area contributed by atoms with Gasteiger partial charge in [-0.1, -0.05) is 12.5 Å². The van der Waals surface area contributed by atoms with Crippen molar-refractivity contribution in [3.05, 3.63) is 11.1 Å². The van der Waals surface area contributed by atoms with Gasteiger partial charge in [-0.2, -0.15) is 0 Å². The number of fused-ring (bicyclic) bond motifs is 4. The number of Topliss-reactive ketones (excluding diaryl/α,β-unsaturated/α-hetero) is 1. The van der Waals surface area contributed by atoms with Crippen LogP contribution in [0.4, 0.5) is 0 Å². The predicted octanol–water partition coefficient (Wildman–Crippen LogP) is 3.78. The molecule has 4 aliphatic carbocycles. The topological polar surface area (TPSA) is 37.3 Å². The molecule has 0 aliphatic heterocycles. The summed E-state index contributed by atoms with van der Waals surface area (Å²) in [5.41, 5.74) is 2.47. The van der Waals surface area contributed by atoms with Crippen molar-refractivity contribution in [2.45, 2.75) is 76.7 Å². The molecule has 4 atom stereocenters. The molecule has 0 spiro atoms. The number of hydrogen-bond donors (Lipinski definition) is 1. The summed E-state index contributed by atoms with van der Waals surface area (Å²) in [4.78, 5) is 12.3. The molecular formula is C18H26O2. The van der Waals surface area contributed by atoms with Crippen LogP contribution in [0.1, 0.15) is 71.1 Å². The van der Waals surface area contributed by atoms with Gasteiger partial charge in [0.15, 0.2) is 0 Å².